The van der Waals surface area contributed by atoms with Crippen molar-refractivity contribution in [3.8, 4) is 17.2 Å². The van der Waals surface area contributed by atoms with Crippen LogP contribution in [0.5, 0.6) is 5.75 Å². The van der Waals surface area contributed by atoms with Crippen LogP contribution in [0.3, 0.4) is 0 Å². The number of fused-ring (bicyclic) bond motifs is 1. The number of nitrogens with zero attached hydrogens (tertiary/aromatic N) is 3. The molecule has 3 rings (SSSR count). The van der Waals surface area contributed by atoms with Crippen molar-refractivity contribution in [3.05, 3.63) is 36.3 Å². The highest BCUT2D eigenvalue weighted by Gasteiger charge is 2.26. The molecule has 0 unspecified atom stereocenters. The Morgan fingerprint density at radius 3 is 2.81 bits per heavy atom. The molecule has 2 heterocycles. The zero-order valence-corrected chi connectivity index (χ0v) is 12.0. The Labute approximate surface area is 121 Å². The molecule has 0 spiro atoms. The average molecular weight is 285 g/mol. The van der Waals surface area contributed by atoms with Gasteiger partial charge in [-0.05, 0) is 32.0 Å². The first-order valence-corrected chi connectivity index (χ1v) is 6.48. The number of benzene rings is 1. The lowest BCUT2D eigenvalue weighted by atomic mass is 10.1. The monoisotopic (exact) mass is 285 g/mol. The van der Waals surface area contributed by atoms with Crippen LogP contribution in [0, 0.1) is 0 Å². The zero-order valence-electron chi connectivity index (χ0n) is 12.0. The summed E-state index contributed by atoms with van der Waals surface area (Å²) in [5, 5.41) is 14.3. The van der Waals surface area contributed by atoms with Gasteiger partial charge in [0.1, 0.15) is 11.4 Å². The van der Waals surface area contributed by atoms with Crippen molar-refractivity contribution < 1.29 is 14.4 Å². The van der Waals surface area contributed by atoms with Gasteiger partial charge in [-0.15, -0.1) is 0 Å². The first-order chi connectivity index (χ1) is 9.99. The van der Waals surface area contributed by atoms with Crippen molar-refractivity contribution in [3.63, 3.8) is 0 Å². The van der Waals surface area contributed by atoms with Gasteiger partial charge in [0.15, 0.2) is 0 Å². The first-order valence-electron chi connectivity index (χ1n) is 6.48. The van der Waals surface area contributed by atoms with Crippen LogP contribution in [0.15, 0.2) is 35.0 Å². The number of ether oxygens (including phenoxy) is 1. The predicted octanol–water partition coefficient (Wildman–Crippen LogP) is 2.87. The van der Waals surface area contributed by atoms with Crippen molar-refractivity contribution in [2.45, 2.75) is 19.4 Å². The van der Waals surface area contributed by atoms with Gasteiger partial charge in [-0.3, -0.25) is 4.98 Å². The Bertz CT molecular complexity index is 796. The minimum atomic E-state index is -0.613. The van der Waals surface area contributed by atoms with E-state index < -0.39 is 5.60 Å². The first kappa shape index (κ1) is 13.5. The lowest BCUT2D eigenvalue weighted by Crippen LogP contribution is -2.21. The largest absolute Gasteiger partial charge is 0.508 e. The van der Waals surface area contributed by atoms with E-state index in [9.17, 15) is 5.11 Å². The van der Waals surface area contributed by atoms with Crippen molar-refractivity contribution in [2.24, 2.45) is 0 Å². The molecule has 0 bridgehead atoms. The van der Waals surface area contributed by atoms with E-state index in [-0.39, 0.29) is 5.75 Å². The van der Waals surface area contributed by atoms with Crippen LogP contribution in [0.1, 0.15) is 19.7 Å². The second-order valence-corrected chi connectivity index (χ2v) is 5.24. The number of rotatable bonds is 3. The van der Waals surface area contributed by atoms with Crippen LogP contribution in [-0.2, 0) is 10.3 Å². The van der Waals surface area contributed by atoms with Crippen LogP contribution < -0.4 is 0 Å². The summed E-state index contributed by atoms with van der Waals surface area (Å²) in [6.45, 7) is 3.73. The summed E-state index contributed by atoms with van der Waals surface area (Å²) in [6.07, 6.45) is 1.64. The quantitative estimate of drug-likeness (QED) is 0.797. The van der Waals surface area contributed by atoms with Gasteiger partial charge >= 0.3 is 0 Å². The minimum Gasteiger partial charge on any atom is -0.508 e. The van der Waals surface area contributed by atoms with E-state index in [2.05, 4.69) is 15.1 Å². The standard InChI is InChI=1S/C15H15N3O3/c1-15(2,20-3)14-17-13(21-18-14)10-6-9-4-5-11(19)7-12(9)16-8-10/h4-8,19H,1-3H3. The third-order valence-electron chi connectivity index (χ3n) is 3.39. The van der Waals surface area contributed by atoms with Crippen LogP contribution in [-0.4, -0.2) is 27.3 Å². The molecular weight excluding hydrogens is 270 g/mol. The molecule has 1 aromatic carbocycles. The molecule has 0 saturated carbocycles. The molecule has 3 aromatic rings. The van der Waals surface area contributed by atoms with Crippen LogP contribution in [0.4, 0.5) is 0 Å². The Balaban J connectivity index is 2.03. The number of aromatic nitrogens is 3. The zero-order chi connectivity index (χ0) is 15.0. The SMILES string of the molecule is COC(C)(C)c1noc(-c2cnc3cc(O)ccc3c2)n1. The molecule has 6 heteroatoms. The van der Waals surface area contributed by atoms with E-state index in [4.69, 9.17) is 9.26 Å². The number of phenolic OH excluding ortho intramolecular Hbond substituents is 1. The summed E-state index contributed by atoms with van der Waals surface area (Å²) in [5.74, 6) is 1.05. The summed E-state index contributed by atoms with van der Waals surface area (Å²) in [5.41, 5.74) is 0.812. The summed E-state index contributed by atoms with van der Waals surface area (Å²) in [4.78, 5) is 8.65. The van der Waals surface area contributed by atoms with E-state index in [0.29, 0.717) is 17.2 Å². The molecule has 0 fully saturated rings. The van der Waals surface area contributed by atoms with E-state index in [1.165, 1.54) is 0 Å². The van der Waals surface area contributed by atoms with Crippen molar-refractivity contribution in [1.29, 1.82) is 0 Å². The van der Waals surface area contributed by atoms with E-state index in [1.807, 2.05) is 19.9 Å². The summed E-state index contributed by atoms with van der Waals surface area (Å²) >= 11 is 0. The maximum absolute atomic E-state index is 9.44. The Kier molecular flexibility index (Phi) is 3.10. The molecule has 0 aliphatic heterocycles. The highest BCUT2D eigenvalue weighted by atomic mass is 16.5. The maximum atomic E-state index is 9.44. The fourth-order valence-electron chi connectivity index (χ4n) is 1.90. The predicted molar refractivity (Wildman–Crippen MR) is 76.7 cm³/mol. The highest BCUT2D eigenvalue weighted by molar-refractivity contribution is 5.83. The number of aromatic hydroxyl groups is 1. The molecule has 2 aromatic heterocycles. The lowest BCUT2D eigenvalue weighted by Gasteiger charge is -2.17. The molecule has 1 N–H and O–H groups in total. The third-order valence-corrected chi connectivity index (χ3v) is 3.39. The number of methoxy groups -OCH3 is 1. The second-order valence-electron chi connectivity index (χ2n) is 5.24. The minimum absolute atomic E-state index is 0.185. The molecule has 0 aliphatic rings. The van der Waals surface area contributed by atoms with Crippen molar-refractivity contribution >= 4 is 10.9 Å². The highest BCUT2D eigenvalue weighted by Crippen LogP contribution is 2.26. The van der Waals surface area contributed by atoms with E-state index >= 15 is 0 Å². The molecule has 0 saturated heterocycles. The van der Waals surface area contributed by atoms with Crippen molar-refractivity contribution in [1.82, 2.24) is 15.1 Å². The van der Waals surface area contributed by atoms with Gasteiger partial charge in [-0.2, -0.15) is 4.98 Å². The van der Waals surface area contributed by atoms with Crippen LogP contribution >= 0.6 is 0 Å². The van der Waals surface area contributed by atoms with E-state index in [0.717, 1.165) is 10.9 Å². The smallest absolute Gasteiger partial charge is 0.259 e. The van der Waals surface area contributed by atoms with Gasteiger partial charge in [0, 0.05) is 24.8 Å². The topological polar surface area (TPSA) is 81.3 Å². The number of hydrogen-bond acceptors (Lipinski definition) is 6. The van der Waals surface area contributed by atoms with E-state index in [1.54, 1.807) is 31.5 Å². The van der Waals surface area contributed by atoms with Gasteiger partial charge in [-0.1, -0.05) is 5.16 Å². The van der Waals surface area contributed by atoms with Gasteiger partial charge in [0.05, 0.1) is 11.1 Å². The van der Waals surface area contributed by atoms with Crippen LogP contribution in [0.2, 0.25) is 0 Å². The van der Waals surface area contributed by atoms with Gasteiger partial charge in [-0.25, -0.2) is 0 Å². The average Bonchev–Trinajstić information content (AvgIpc) is 2.97. The Morgan fingerprint density at radius 2 is 2.05 bits per heavy atom. The fraction of sp³-hybridized carbons (Fsp3) is 0.267. The molecule has 108 valence electrons. The van der Waals surface area contributed by atoms with Gasteiger partial charge < -0.3 is 14.4 Å². The second kappa shape index (κ2) is 4.82. The lowest BCUT2D eigenvalue weighted by molar-refractivity contribution is 0.00973. The molecule has 21 heavy (non-hydrogen) atoms. The van der Waals surface area contributed by atoms with Crippen molar-refractivity contribution in [2.75, 3.05) is 7.11 Å². The Hall–Kier alpha value is -2.47. The molecule has 0 aliphatic carbocycles. The normalized spacial score (nSPS) is 12.0. The Morgan fingerprint density at radius 1 is 1.24 bits per heavy atom. The van der Waals surface area contributed by atoms with Crippen LogP contribution in [0.25, 0.3) is 22.4 Å². The number of pyridine rings is 1. The van der Waals surface area contributed by atoms with Gasteiger partial charge in [0.2, 0.25) is 5.82 Å². The molecule has 0 radical (unpaired) electrons. The van der Waals surface area contributed by atoms with Gasteiger partial charge in [0.25, 0.3) is 5.89 Å². The molecule has 6 nitrogen and oxygen atoms in total. The third kappa shape index (κ3) is 2.45. The number of hydrogen-bond donors (Lipinski definition) is 1. The molecule has 0 amide bonds. The fourth-order valence-corrected chi connectivity index (χ4v) is 1.90. The maximum Gasteiger partial charge on any atom is 0.259 e. The molecular formula is C15H15N3O3. The summed E-state index contributed by atoms with van der Waals surface area (Å²) in [6, 6.07) is 6.89. The number of phenols is 1. The summed E-state index contributed by atoms with van der Waals surface area (Å²) < 4.78 is 10.6. The molecule has 0 atom stereocenters. The summed E-state index contributed by atoms with van der Waals surface area (Å²) in [7, 11) is 1.60.